The first-order chi connectivity index (χ1) is 6.66. The number of nitrogens with zero attached hydrogens (tertiary/aromatic N) is 1. The van der Waals surface area contributed by atoms with Crippen molar-refractivity contribution in [3.63, 3.8) is 0 Å². The van der Waals surface area contributed by atoms with Crippen LogP contribution in [-0.2, 0) is 4.74 Å². The van der Waals surface area contributed by atoms with E-state index in [-0.39, 0.29) is 12.1 Å². The van der Waals surface area contributed by atoms with Gasteiger partial charge in [-0.05, 0) is 12.3 Å². The number of nitrogens with one attached hydrogen (secondary N) is 1. The third-order valence-electron chi connectivity index (χ3n) is 2.62. The zero-order valence-electron chi connectivity index (χ0n) is 9.25. The van der Waals surface area contributed by atoms with Gasteiger partial charge in [-0.3, -0.25) is 0 Å². The van der Waals surface area contributed by atoms with Crippen molar-refractivity contribution in [2.45, 2.75) is 26.3 Å². The van der Waals surface area contributed by atoms with Crippen molar-refractivity contribution in [3.8, 4) is 0 Å². The highest BCUT2D eigenvalue weighted by Gasteiger charge is 2.27. The molecule has 0 aromatic carbocycles. The largest absolute Gasteiger partial charge is 0.383 e. The Morgan fingerprint density at radius 1 is 1.57 bits per heavy atom. The highest BCUT2D eigenvalue weighted by atomic mass is 16.5. The Morgan fingerprint density at radius 3 is 2.79 bits per heavy atom. The van der Waals surface area contributed by atoms with Gasteiger partial charge in [0.15, 0.2) is 0 Å². The van der Waals surface area contributed by atoms with Crippen LogP contribution in [0.15, 0.2) is 0 Å². The molecule has 0 spiro atoms. The molecule has 1 rings (SSSR count). The highest BCUT2D eigenvalue weighted by molar-refractivity contribution is 5.75. The molecule has 0 bridgehead atoms. The zero-order valence-corrected chi connectivity index (χ0v) is 9.25. The van der Waals surface area contributed by atoms with Crippen molar-refractivity contribution >= 4 is 6.03 Å². The van der Waals surface area contributed by atoms with Crippen molar-refractivity contribution in [1.82, 2.24) is 10.2 Å². The van der Waals surface area contributed by atoms with Crippen molar-refractivity contribution in [1.29, 1.82) is 0 Å². The average Bonchev–Trinajstić information content (AvgIpc) is 2.15. The minimum absolute atomic E-state index is 0.0481. The van der Waals surface area contributed by atoms with Crippen LogP contribution >= 0.6 is 0 Å². The molecule has 1 heterocycles. The van der Waals surface area contributed by atoms with Crippen LogP contribution in [0.1, 0.15) is 20.3 Å². The summed E-state index contributed by atoms with van der Waals surface area (Å²) in [5, 5.41) is 2.86. The van der Waals surface area contributed by atoms with Gasteiger partial charge >= 0.3 is 6.03 Å². The van der Waals surface area contributed by atoms with E-state index in [1.54, 1.807) is 7.11 Å². The Balaban J connectivity index is 2.60. The highest BCUT2D eigenvalue weighted by Crippen LogP contribution is 2.14. The van der Waals surface area contributed by atoms with Crippen LogP contribution in [0.5, 0.6) is 0 Å². The minimum Gasteiger partial charge on any atom is -0.383 e. The average molecular weight is 200 g/mol. The van der Waals surface area contributed by atoms with E-state index < -0.39 is 0 Å². The van der Waals surface area contributed by atoms with Crippen molar-refractivity contribution in [3.05, 3.63) is 0 Å². The lowest BCUT2D eigenvalue weighted by atomic mass is 10.0. The summed E-state index contributed by atoms with van der Waals surface area (Å²) >= 11 is 0. The maximum atomic E-state index is 11.6. The summed E-state index contributed by atoms with van der Waals surface area (Å²) in [6.45, 7) is 6.49. The lowest BCUT2D eigenvalue weighted by molar-refractivity contribution is 0.0744. The Morgan fingerprint density at radius 2 is 2.29 bits per heavy atom. The number of carbonyl (C=O) groups excluding carboxylic acids is 1. The molecular weight excluding hydrogens is 180 g/mol. The molecule has 1 aliphatic rings. The SMILES string of the molecule is COCC(C(C)C)N1CCCNC1=O. The molecule has 0 aliphatic carbocycles. The molecule has 2 amide bonds. The van der Waals surface area contributed by atoms with Crippen LogP contribution in [0.25, 0.3) is 0 Å². The first-order valence-electron chi connectivity index (χ1n) is 5.20. The lowest BCUT2D eigenvalue weighted by Gasteiger charge is -2.36. The van der Waals surface area contributed by atoms with Crippen LogP contribution in [0, 0.1) is 5.92 Å². The van der Waals surface area contributed by atoms with E-state index in [0.29, 0.717) is 12.5 Å². The number of carbonyl (C=O) groups is 1. The maximum Gasteiger partial charge on any atom is 0.317 e. The molecule has 0 radical (unpaired) electrons. The fraction of sp³-hybridized carbons (Fsp3) is 0.900. The Kier molecular flexibility index (Phi) is 4.20. The summed E-state index contributed by atoms with van der Waals surface area (Å²) < 4.78 is 5.15. The standard InChI is InChI=1S/C10H20N2O2/c1-8(2)9(7-14-3)12-6-4-5-11-10(12)13/h8-9H,4-7H2,1-3H3,(H,11,13). The van der Waals surface area contributed by atoms with Crippen molar-refractivity contribution < 1.29 is 9.53 Å². The molecule has 1 aliphatic heterocycles. The van der Waals surface area contributed by atoms with Gasteiger partial charge in [0.25, 0.3) is 0 Å². The van der Waals surface area contributed by atoms with Crippen LogP contribution in [0.2, 0.25) is 0 Å². The summed E-state index contributed by atoms with van der Waals surface area (Å²) in [5.74, 6) is 0.429. The first kappa shape index (κ1) is 11.3. The number of urea groups is 1. The number of hydrogen-bond donors (Lipinski definition) is 1. The summed E-state index contributed by atoms with van der Waals surface area (Å²) in [7, 11) is 1.68. The molecule has 0 aromatic rings. The van der Waals surface area contributed by atoms with E-state index in [9.17, 15) is 4.79 Å². The maximum absolute atomic E-state index is 11.6. The first-order valence-corrected chi connectivity index (χ1v) is 5.20. The molecule has 1 N–H and O–H groups in total. The molecule has 4 nitrogen and oxygen atoms in total. The second-order valence-corrected chi connectivity index (χ2v) is 4.05. The second-order valence-electron chi connectivity index (χ2n) is 4.05. The quantitative estimate of drug-likeness (QED) is 0.737. The smallest absolute Gasteiger partial charge is 0.317 e. The van der Waals surface area contributed by atoms with Gasteiger partial charge in [-0.2, -0.15) is 0 Å². The third-order valence-corrected chi connectivity index (χ3v) is 2.62. The fourth-order valence-corrected chi connectivity index (χ4v) is 1.78. The molecule has 0 saturated carbocycles. The van der Waals surface area contributed by atoms with Gasteiger partial charge in [-0.15, -0.1) is 0 Å². The molecule has 82 valence electrons. The lowest BCUT2D eigenvalue weighted by Crippen LogP contribution is -2.54. The van der Waals surface area contributed by atoms with E-state index in [1.165, 1.54) is 0 Å². The fourth-order valence-electron chi connectivity index (χ4n) is 1.78. The summed E-state index contributed by atoms with van der Waals surface area (Å²) in [6.07, 6.45) is 1.03. The van der Waals surface area contributed by atoms with Crippen LogP contribution in [0.3, 0.4) is 0 Å². The molecule has 1 saturated heterocycles. The van der Waals surface area contributed by atoms with Gasteiger partial charge < -0.3 is 15.0 Å². The molecule has 1 fully saturated rings. The third kappa shape index (κ3) is 2.61. The number of hydrogen-bond acceptors (Lipinski definition) is 2. The van der Waals surface area contributed by atoms with E-state index in [2.05, 4.69) is 19.2 Å². The van der Waals surface area contributed by atoms with Crippen molar-refractivity contribution in [2.24, 2.45) is 5.92 Å². The minimum atomic E-state index is 0.0481. The Bertz CT molecular complexity index is 195. The molecule has 4 heteroatoms. The second kappa shape index (κ2) is 5.20. The predicted octanol–water partition coefficient (Wildman–Crippen LogP) is 1.07. The number of methoxy groups -OCH3 is 1. The molecular formula is C10H20N2O2. The van der Waals surface area contributed by atoms with Gasteiger partial charge in [0.2, 0.25) is 0 Å². The molecule has 0 aromatic heterocycles. The van der Waals surface area contributed by atoms with Gasteiger partial charge in [0.1, 0.15) is 0 Å². The summed E-state index contributed by atoms with van der Waals surface area (Å²) in [4.78, 5) is 13.5. The molecule has 1 atom stereocenters. The van der Waals surface area contributed by atoms with E-state index in [0.717, 1.165) is 19.5 Å². The zero-order chi connectivity index (χ0) is 10.6. The normalized spacial score (nSPS) is 19.7. The Labute approximate surface area is 85.6 Å². The van der Waals surface area contributed by atoms with E-state index in [1.807, 2.05) is 4.90 Å². The van der Waals surface area contributed by atoms with Crippen molar-refractivity contribution in [2.75, 3.05) is 26.8 Å². The molecule has 1 unspecified atom stereocenters. The number of ether oxygens (including phenoxy) is 1. The van der Waals surface area contributed by atoms with Crippen LogP contribution in [-0.4, -0.2) is 43.8 Å². The Hall–Kier alpha value is -0.770. The van der Waals surface area contributed by atoms with Gasteiger partial charge in [-0.25, -0.2) is 4.79 Å². The van der Waals surface area contributed by atoms with Gasteiger partial charge in [0, 0.05) is 20.2 Å². The van der Waals surface area contributed by atoms with E-state index >= 15 is 0 Å². The summed E-state index contributed by atoms with van der Waals surface area (Å²) in [5.41, 5.74) is 0. The van der Waals surface area contributed by atoms with E-state index in [4.69, 9.17) is 4.74 Å². The van der Waals surface area contributed by atoms with Crippen LogP contribution in [0.4, 0.5) is 4.79 Å². The summed E-state index contributed by atoms with van der Waals surface area (Å²) in [6, 6.07) is 0.243. The molecule has 14 heavy (non-hydrogen) atoms. The van der Waals surface area contributed by atoms with Crippen LogP contribution < -0.4 is 5.32 Å². The van der Waals surface area contributed by atoms with Gasteiger partial charge in [-0.1, -0.05) is 13.8 Å². The number of amides is 2. The monoisotopic (exact) mass is 200 g/mol. The van der Waals surface area contributed by atoms with Gasteiger partial charge in [0.05, 0.1) is 12.6 Å². The number of rotatable bonds is 4. The topological polar surface area (TPSA) is 41.6 Å². The predicted molar refractivity (Wildman–Crippen MR) is 55.2 cm³/mol.